The Morgan fingerprint density at radius 2 is 0.452 bits per heavy atom. The molecule has 0 atom stereocenters. The molecular weight excluding hydrogens is 1260 g/mol. The minimum Gasteiger partial charge on any atom is -0.351 e. The molecule has 8 fully saturated rings. The smallest absolute Gasteiger partial charge is 0.349 e. The van der Waals surface area contributed by atoms with E-state index in [9.17, 15) is 32.0 Å². The summed E-state index contributed by atoms with van der Waals surface area (Å²) in [4.78, 5) is 6.71. The monoisotopic (exact) mass is 1320 g/mol. The lowest BCUT2D eigenvalue weighted by Crippen LogP contribution is -2.32. The van der Waals surface area contributed by atoms with Gasteiger partial charge in [0.1, 0.15) is 44.0 Å². The fraction of sp³-hybridized carbons (Fsp3) is 0.510. The summed E-state index contributed by atoms with van der Waals surface area (Å²) in [5.41, 5.74) is 3.48. The van der Waals surface area contributed by atoms with Crippen molar-refractivity contribution in [1.29, 1.82) is 0 Å². The van der Waals surface area contributed by atoms with Crippen LogP contribution in [0.25, 0.3) is 0 Å². The SMILES string of the molecule is O=P1(CN(CP2OCCO2)c2ccc(C(c3ccc(N(CP4(=O)OCCO4)CP4(=O)OCCO4)cc3)(c3ccc(N(CP4(=O)OCCO4)CP4(=O)OCCO4)cc3)c3ccc(N(CP4(=O)OCCO4)CP4(=O)OCCO4)cc3)cc2)OCCO1. The minimum absolute atomic E-state index is 0.0823. The molecule has 0 aromatic heterocycles. The van der Waals surface area contributed by atoms with Gasteiger partial charge in [-0.2, -0.15) is 0 Å². The summed E-state index contributed by atoms with van der Waals surface area (Å²) < 4.78 is 188. The van der Waals surface area contributed by atoms with Gasteiger partial charge in [0.15, 0.2) is 8.38 Å². The summed E-state index contributed by atoms with van der Waals surface area (Å²) in [7, 11) is -27.0. The standard InChI is InChI=1S/C49H64N4O23P8/c54-78(63-19-20-64-78)34-50(33-77-61-17-18-62-77)45-9-1-41(2-10-45)49(42-3-11-46(12-4-42)51(35-79(55)65-21-22-66-79)36-80(56)67-23-24-68-80,43-5-13-47(14-6-43)52(37-81(57)69-25-26-70-81)38-82(58)71-27-28-72-82)44-7-15-48(16-8-44)53(39-83(59)73-29-30-74-83)40-84(60)75-31-32-76-84/h1-16H,17-40H2. The molecule has 4 aromatic rings. The van der Waals surface area contributed by atoms with Crippen LogP contribution in [0.2, 0.25) is 0 Å². The van der Waals surface area contributed by atoms with E-state index in [2.05, 4.69) is 0 Å². The molecule has 12 rings (SSSR count). The Morgan fingerprint density at radius 3 is 0.655 bits per heavy atom. The average Bonchev–Trinajstić information content (AvgIpc) is 1.84. The molecule has 0 N–H and O–H groups in total. The van der Waals surface area contributed by atoms with Gasteiger partial charge >= 0.3 is 53.2 Å². The predicted octanol–water partition coefficient (Wildman–Crippen LogP) is 11.0. The summed E-state index contributed by atoms with van der Waals surface area (Å²) in [5.74, 6) is 0. The molecule has 84 heavy (non-hydrogen) atoms. The van der Waals surface area contributed by atoms with Crippen LogP contribution in [0, 0.1) is 0 Å². The van der Waals surface area contributed by atoms with Gasteiger partial charge in [-0.25, -0.2) is 0 Å². The Kier molecular flexibility index (Phi) is 18.9. The molecule has 458 valence electrons. The quantitative estimate of drug-likeness (QED) is 0.0465. The molecule has 8 aliphatic rings. The van der Waals surface area contributed by atoms with Gasteiger partial charge in [-0.3, -0.25) is 32.0 Å². The zero-order chi connectivity index (χ0) is 58.1. The third-order valence-corrected chi connectivity index (χ3v) is 28.9. The Labute approximate surface area is 486 Å². The molecule has 0 unspecified atom stereocenters. The molecular formula is C49H64N4O23P8. The van der Waals surface area contributed by atoms with Crippen LogP contribution in [0.3, 0.4) is 0 Å². The van der Waals surface area contributed by atoms with Crippen LogP contribution in [-0.4, -0.2) is 156 Å². The van der Waals surface area contributed by atoms with Crippen LogP contribution in [0.15, 0.2) is 97.1 Å². The summed E-state index contributed by atoms with van der Waals surface area (Å²) in [6.45, 7) is 2.63. The normalized spacial score (nSPS) is 23.8. The van der Waals surface area contributed by atoms with Crippen molar-refractivity contribution in [2.24, 2.45) is 0 Å². The van der Waals surface area contributed by atoms with E-state index in [1.165, 1.54) is 0 Å². The Balaban J connectivity index is 1.01. The summed E-state index contributed by atoms with van der Waals surface area (Å²) >= 11 is 0. The molecule has 0 bridgehead atoms. The molecule has 4 aromatic carbocycles. The van der Waals surface area contributed by atoms with Crippen molar-refractivity contribution in [3.05, 3.63) is 119 Å². The maximum absolute atomic E-state index is 13.9. The van der Waals surface area contributed by atoms with Gasteiger partial charge in [0.2, 0.25) is 0 Å². The highest BCUT2D eigenvalue weighted by Gasteiger charge is 2.45. The van der Waals surface area contributed by atoms with Gasteiger partial charge in [-0.05, 0) is 70.8 Å². The first-order valence-electron chi connectivity index (χ1n) is 27.1. The lowest BCUT2D eigenvalue weighted by atomic mass is 9.65. The van der Waals surface area contributed by atoms with E-state index in [1.807, 2.05) is 65.6 Å². The van der Waals surface area contributed by atoms with E-state index >= 15 is 0 Å². The fourth-order valence-electron chi connectivity index (χ4n) is 10.8. The second-order valence-corrected chi connectivity index (χ2v) is 35.8. The average molecular weight is 1320 g/mol. The lowest BCUT2D eigenvalue weighted by Gasteiger charge is -2.38. The van der Waals surface area contributed by atoms with Crippen molar-refractivity contribution < 1.29 is 104 Å². The van der Waals surface area contributed by atoms with E-state index in [0.29, 0.717) is 58.2 Å². The second kappa shape index (κ2) is 25.8. The van der Waals surface area contributed by atoms with Crippen LogP contribution in [0.1, 0.15) is 22.3 Å². The fourth-order valence-corrected chi connectivity index (χ4v) is 24.2. The van der Waals surface area contributed by atoms with Crippen molar-refractivity contribution in [3.8, 4) is 0 Å². The van der Waals surface area contributed by atoms with Crippen LogP contribution >= 0.6 is 61.5 Å². The topological polar surface area (TPSA) is 280 Å². The minimum atomic E-state index is -3.69. The number of benzene rings is 4. The predicted molar refractivity (Wildman–Crippen MR) is 309 cm³/mol. The first kappa shape index (κ1) is 61.7. The molecule has 0 saturated carbocycles. The molecule has 0 radical (unpaired) electrons. The van der Waals surface area contributed by atoms with E-state index in [4.69, 9.17) is 72.4 Å². The number of hydrogen-bond acceptors (Lipinski definition) is 27. The van der Waals surface area contributed by atoms with Crippen molar-refractivity contribution in [2.75, 3.05) is 176 Å². The first-order valence-corrected chi connectivity index (χ1v) is 40.5. The molecule has 8 saturated heterocycles. The zero-order valence-corrected chi connectivity index (χ0v) is 52.6. The maximum atomic E-state index is 13.9. The highest BCUT2D eigenvalue weighted by molar-refractivity contribution is 7.56. The molecule has 8 aliphatic heterocycles. The summed E-state index contributed by atoms with van der Waals surface area (Å²) in [5, 5.41) is 0. The van der Waals surface area contributed by atoms with Crippen LogP contribution in [0.5, 0.6) is 0 Å². The van der Waals surface area contributed by atoms with Crippen molar-refractivity contribution in [2.45, 2.75) is 5.41 Å². The van der Waals surface area contributed by atoms with Crippen LogP contribution < -0.4 is 19.6 Å². The first-order chi connectivity index (χ1) is 40.4. The summed E-state index contributed by atoms with van der Waals surface area (Å²) in [6, 6.07) is 29.8. The molecule has 35 heteroatoms. The van der Waals surface area contributed by atoms with Crippen LogP contribution in [0.4, 0.5) is 22.7 Å². The van der Waals surface area contributed by atoms with E-state index in [1.54, 1.807) is 51.1 Å². The van der Waals surface area contributed by atoms with Gasteiger partial charge in [-0.1, -0.05) is 48.5 Å². The molecule has 0 aliphatic carbocycles. The van der Waals surface area contributed by atoms with Gasteiger partial charge in [0.05, 0.1) is 117 Å². The van der Waals surface area contributed by atoms with Crippen molar-refractivity contribution >= 4 is 84.3 Å². The van der Waals surface area contributed by atoms with Gasteiger partial charge in [-0.15, -0.1) is 0 Å². The molecule has 0 amide bonds. The molecule has 0 spiro atoms. The largest absolute Gasteiger partial charge is 0.351 e. The van der Waals surface area contributed by atoms with Crippen molar-refractivity contribution in [1.82, 2.24) is 0 Å². The van der Waals surface area contributed by atoms with Gasteiger partial charge in [0.25, 0.3) is 0 Å². The molecule has 8 heterocycles. The van der Waals surface area contributed by atoms with E-state index in [0.717, 1.165) is 0 Å². The second-order valence-electron chi connectivity index (χ2n) is 20.2. The number of nitrogens with zero attached hydrogens (tertiary/aromatic N) is 4. The highest BCUT2D eigenvalue weighted by Crippen LogP contribution is 2.61. The highest BCUT2D eigenvalue weighted by atomic mass is 31.2. The third-order valence-electron chi connectivity index (χ3n) is 14.5. The number of hydrogen-bond donors (Lipinski definition) is 0. The van der Waals surface area contributed by atoms with Crippen LogP contribution in [-0.2, 0) is 110 Å². The third kappa shape index (κ3) is 14.1. The van der Waals surface area contributed by atoms with E-state index < -0.39 is 67.0 Å². The number of anilines is 4. The number of rotatable bonds is 24. The van der Waals surface area contributed by atoms with Gasteiger partial charge in [0, 0.05) is 22.7 Å². The lowest BCUT2D eigenvalue weighted by molar-refractivity contribution is 0.343. The van der Waals surface area contributed by atoms with Gasteiger partial charge < -0.3 is 92.0 Å². The molecule has 27 nitrogen and oxygen atoms in total. The Bertz CT molecular complexity index is 2900. The Hall–Kier alpha value is -2.52. The van der Waals surface area contributed by atoms with E-state index in [-0.39, 0.29) is 143 Å². The maximum Gasteiger partial charge on any atom is 0.349 e. The zero-order valence-electron chi connectivity index (χ0n) is 45.5. The summed E-state index contributed by atoms with van der Waals surface area (Å²) in [6.07, 6.45) is -1.40. The van der Waals surface area contributed by atoms with Crippen molar-refractivity contribution in [3.63, 3.8) is 0 Å². The Morgan fingerprint density at radius 1 is 0.274 bits per heavy atom.